The Morgan fingerprint density at radius 2 is 1.83 bits per heavy atom. The van der Waals surface area contributed by atoms with Crippen LogP contribution in [0, 0.1) is 34.5 Å². The molecule has 4 fully saturated rings. The number of fused-ring (bicyclic) bond motifs is 5. The van der Waals surface area contributed by atoms with Crippen LogP contribution in [0.25, 0.3) is 0 Å². The first kappa shape index (κ1) is 16.2. The van der Waals surface area contributed by atoms with Crippen molar-refractivity contribution in [3.63, 3.8) is 0 Å². The molecule has 23 heavy (non-hydrogen) atoms. The lowest BCUT2D eigenvalue weighted by molar-refractivity contribution is -0.120. The first-order valence-corrected chi connectivity index (χ1v) is 10.4. The van der Waals surface area contributed by atoms with Crippen molar-refractivity contribution >= 4 is 0 Å². The minimum atomic E-state index is -0.0255. The summed E-state index contributed by atoms with van der Waals surface area (Å²) >= 11 is 0. The topological polar surface area (TPSA) is 20.2 Å². The Hall–Kier alpha value is -0.300. The quantitative estimate of drug-likeness (QED) is 0.613. The molecule has 1 heteroatoms. The van der Waals surface area contributed by atoms with Gasteiger partial charge in [0.2, 0.25) is 0 Å². The van der Waals surface area contributed by atoms with Gasteiger partial charge < -0.3 is 5.11 Å². The van der Waals surface area contributed by atoms with E-state index < -0.39 is 0 Å². The van der Waals surface area contributed by atoms with E-state index in [1.165, 1.54) is 51.4 Å². The molecule has 4 saturated carbocycles. The second-order valence-corrected chi connectivity index (χ2v) is 9.72. The van der Waals surface area contributed by atoms with E-state index in [9.17, 15) is 5.11 Å². The largest absolute Gasteiger partial charge is 0.393 e. The van der Waals surface area contributed by atoms with Crippen molar-refractivity contribution in [1.82, 2.24) is 0 Å². The molecule has 0 spiro atoms. The van der Waals surface area contributed by atoms with E-state index in [1.807, 2.05) is 0 Å². The van der Waals surface area contributed by atoms with E-state index in [4.69, 9.17) is 0 Å². The SMILES string of the molecule is CC/C=C1\CCC2C3CCC4CCC(O)CC4(C)C3CCC12C. The number of rotatable bonds is 1. The molecule has 1 nitrogen and oxygen atoms in total. The van der Waals surface area contributed by atoms with Gasteiger partial charge in [-0.05, 0) is 98.7 Å². The molecule has 4 aliphatic rings. The molecule has 0 bridgehead atoms. The lowest BCUT2D eigenvalue weighted by atomic mass is 9.45. The molecule has 0 aromatic carbocycles. The molecule has 0 radical (unpaired) electrons. The number of allylic oxidation sites excluding steroid dienone is 2. The fraction of sp³-hybridized carbons (Fsp3) is 0.909. The average molecular weight is 317 g/mol. The van der Waals surface area contributed by atoms with Gasteiger partial charge in [0.1, 0.15) is 0 Å². The molecule has 0 saturated heterocycles. The molecule has 0 heterocycles. The predicted octanol–water partition coefficient (Wildman–Crippen LogP) is 5.73. The van der Waals surface area contributed by atoms with E-state index in [1.54, 1.807) is 5.57 Å². The third-order valence-corrected chi connectivity index (χ3v) is 8.89. The van der Waals surface area contributed by atoms with Crippen LogP contribution in [0.4, 0.5) is 0 Å². The fourth-order valence-electron chi connectivity index (χ4n) is 7.76. The highest BCUT2D eigenvalue weighted by Crippen LogP contribution is 2.67. The molecular formula is C22H36O. The van der Waals surface area contributed by atoms with Crippen molar-refractivity contribution in [2.45, 2.75) is 91.1 Å². The van der Waals surface area contributed by atoms with Crippen LogP contribution in [0.2, 0.25) is 0 Å². The minimum absolute atomic E-state index is 0.0255. The summed E-state index contributed by atoms with van der Waals surface area (Å²) < 4.78 is 0. The normalized spacial score (nSPS) is 54.4. The standard InChI is InChI=1S/C22H36O/c1-4-5-15-8-11-19-18-10-7-16-6-9-17(23)14-22(16,3)20(18)12-13-21(15,19)2/h5,16-20,23H,4,6-14H2,1-3H3/b15-5+. The van der Waals surface area contributed by atoms with Gasteiger partial charge in [-0.3, -0.25) is 0 Å². The van der Waals surface area contributed by atoms with Crippen molar-refractivity contribution in [3.05, 3.63) is 11.6 Å². The van der Waals surface area contributed by atoms with Crippen molar-refractivity contribution < 1.29 is 5.11 Å². The first-order chi connectivity index (χ1) is 11.0. The molecule has 4 aliphatic carbocycles. The average Bonchev–Trinajstić information content (AvgIpc) is 2.84. The van der Waals surface area contributed by atoms with Crippen molar-refractivity contribution in [2.75, 3.05) is 0 Å². The van der Waals surface area contributed by atoms with Crippen molar-refractivity contribution in [2.24, 2.45) is 34.5 Å². The Bertz CT molecular complexity index is 494. The Labute approximate surface area is 142 Å². The summed E-state index contributed by atoms with van der Waals surface area (Å²) in [5, 5.41) is 10.3. The number of hydrogen-bond donors (Lipinski definition) is 1. The van der Waals surface area contributed by atoms with Gasteiger partial charge in [-0.25, -0.2) is 0 Å². The van der Waals surface area contributed by atoms with Crippen LogP contribution in [0.3, 0.4) is 0 Å². The highest BCUT2D eigenvalue weighted by Gasteiger charge is 2.58. The maximum Gasteiger partial charge on any atom is 0.0545 e. The second kappa shape index (κ2) is 5.61. The Balaban J connectivity index is 1.63. The van der Waals surface area contributed by atoms with Gasteiger partial charge in [0.05, 0.1) is 6.10 Å². The van der Waals surface area contributed by atoms with Gasteiger partial charge >= 0.3 is 0 Å². The van der Waals surface area contributed by atoms with Gasteiger partial charge in [0.15, 0.2) is 0 Å². The van der Waals surface area contributed by atoms with Gasteiger partial charge in [0.25, 0.3) is 0 Å². The fourth-order valence-corrected chi connectivity index (χ4v) is 7.76. The molecule has 0 aliphatic heterocycles. The van der Waals surface area contributed by atoms with Gasteiger partial charge in [0, 0.05) is 0 Å². The molecule has 4 rings (SSSR count). The molecule has 7 unspecified atom stereocenters. The van der Waals surface area contributed by atoms with Crippen LogP contribution in [0.5, 0.6) is 0 Å². The van der Waals surface area contributed by atoms with Gasteiger partial charge in [-0.15, -0.1) is 0 Å². The van der Waals surface area contributed by atoms with E-state index in [-0.39, 0.29) is 6.10 Å². The summed E-state index contributed by atoms with van der Waals surface area (Å²) in [6, 6.07) is 0. The van der Waals surface area contributed by atoms with E-state index >= 15 is 0 Å². The molecule has 7 atom stereocenters. The van der Waals surface area contributed by atoms with Gasteiger partial charge in [-0.1, -0.05) is 32.4 Å². The lowest BCUT2D eigenvalue weighted by Gasteiger charge is -2.60. The van der Waals surface area contributed by atoms with Crippen LogP contribution in [0.15, 0.2) is 11.6 Å². The maximum atomic E-state index is 10.3. The zero-order chi connectivity index (χ0) is 16.2. The Kier molecular flexibility index (Phi) is 3.95. The van der Waals surface area contributed by atoms with Gasteiger partial charge in [-0.2, -0.15) is 0 Å². The molecule has 1 N–H and O–H groups in total. The number of aliphatic hydroxyl groups is 1. The van der Waals surface area contributed by atoms with Crippen molar-refractivity contribution in [1.29, 1.82) is 0 Å². The zero-order valence-electron chi connectivity index (χ0n) is 15.5. The maximum absolute atomic E-state index is 10.3. The smallest absolute Gasteiger partial charge is 0.0545 e. The highest BCUT2D eigenvalue weighted by molar-refractivity contribution is 5.24. The summed E-state index contributed by atoms with van der Waals surface area (Å²) in [5.41, 5.74) is 2.73. The molecule has 0 aromatic rings. The summed E-state index contributed by atoms with van der Waals surface area (Å²) in [4.78, 5) is 0. The highest BCUT2D eigenvalue weighted by atomic mass is 16.3. The third-order valence-electron chi connectivity index (χ3n) is 8.89. The van der Waals surface area contributed by atoms with Crippen LogP contribution in [-0.2, 0) is 0 Å². The molecular weight excluding hydrogens is 280 g/mol. The minimum Gasteiger partial charge on any atom is -0.393 e. The number of aliphatic hydroxyl groups excluding tert-OH is 1. The molecule has 0 aromatic heterocycles. The van der Waals surface area contributed by atoms with Crippen LogP contribution < -0.4 is 0 Å². The van der Waals surface area contributed by atoms with Crippen LogP contribution in [0.1, 0.15) is 85.0 Å². The van der Waals surface area contributed by atoms with Crippen LogP contribution in [-0.4, -0.2) is 11.2 Å². The monoisotopic (exact) mass is 316 g/mol. The Morgan fingerprint density at radius 3 is 2.61 bits per heavy atom. The lowest BCUT2D eigenvalue weighted by Crippen LogP contribution is -2.53. The van der Waals surface area contributed by atoms with Crippen molar-refractivity contribution in [3.8, 4) is 0 Å². The predicted molar refractivity (Wildman–Crippen MR) is 96.1 cm³/mol. The van der Waals surface area contributed by atoms with E-state index in [0.717, 1.165) is 36.5 Å². The first-order valence-electron chi connectivity index (χ1n) is 10.4. The molecule has 130 valence electrons. The summed E-state index contributed by atoms with van der Waals surface area (Å²) in [5.74, 6) is 3.64. The second-order valence-electron chi connectivity index (χ2n) is 9.72. The summed E-state index contributed by atoms with van der Waals surface area (Å²) in [6.45, 7) is 7.44. The van der Waals surface area contributed by atoms with Crippen LogP contribution >= 0.6 is 0 Å². The van der Waals surface area contributed by atoms with E-state index in [2.05, 4.69) is 26.8 Å². The molecule has 0 amide bonds. The third kappa shape index (κ3) is 2.29. The summed E-state index contributed by atoms with van der Waals surface area (Å²) in [7, 11) is 0. The number of hydrogen-bond acceptors (Lipinski definition) is 1. The zero-order valence-corrected chi connectivity index (χ0v) is 15.5. The summed E-state index contributed by atoms with van der Waals surface area (Å²) in [6.07, 6.45) is 15.7. The van der Waals surface area contributed by atoms with E-state index in [0.29, 0.717) is 10.8 Å². The Morgan fingerprint density at radius 1 is 1.04 bits per heavy atom.